The van der Waals surface area contributed by atoms with Crippen molar-refractivity contribution in [1.29, 1.82) is 0 Å². The van der Waals surface area contributed by atoms with E-state index in [1.54, 1.807) is 12.1 Å². The highest BCUT2D eigenvalue weighted by atomic mass is 35.5. The van der Waals surface area contributed by atoms with E-state index in [1.165, 1.54) is 18.2 Å². The third kappa shape index (κ3) is 3.63. The number of hydrogen-bond acceptors (Lipinski definition) is 2. The molecule has 0 atom stereocenters. The molecule has 2 N–H and O–H groups in total. The minimum Gasteiger partial charge on any atom is -0.508 e. The van der Waals surface area contributed by atoms with Crippen molar-refractivity contribution in [2.45, 2.75) is 6.54 Å². The summed E-state index contributed by atoms with van der Waals surface area (Å²) in [7, 11) is 0. The molecule has 19 heavy (non-hydrogen) atoms. The van der Waals surface area contributed by atoms with Crippen molar-refractivity contribution in [3.05, 3.63) is 63.6 Å². The Balaban J connectivity index is 2.05. The van der Waals surface area contributed by atoms with Crippen LogP contribution in [0.1, 0.15) is 15.9 Å². The number of halogens is 2. The second-order valence-electron chi connectivity index (χ2n) is 3.97. The van der Waals surface area contributed by atoms with Gasteiger partial charge in [0.05, 0.1) is 10.6 Å². The maximum absolute atomic E-state index is 11.9. The van der Waals surface area contributed by atoms with E-state index in [0.717, 1.165) is 5.56 Å². The fourth-order valence-electron chi connectivity index (χ4n) is 1.57. The largest absolute Gasteiger partial charge is 0.508 e. The van der Waals surface area contributed by atoms with Crippen molar-refractivity contribution in [3.8, 4) is 5.75 Å². The number of rotatable bonds is 3. The van der Waals surface area contributed by atoms with Crippen molar-refractivity contribution in [1.82, 2.24) is 5.32 Å². The molecule has 2 rings (SSSR count). The number of hydrogen-bond donors (Lipinski definition) is 2. The molecule has 1 amide bonds. The lowest BCUT2D eigenvalue weighted by atomic mass is 10.2. The average Bonchev–Trinajstić information content (AvgIpc) is 2.40. The van der Waals surface area contributed by atoms with Crippen molar-refractivity contribution < 1.29 is 9.90 Å². The standard InChI is InChI=1S/C14H11Cl2NO2/c15-10-3-1-9(2-4-10)8-17-14(19)12-7-11(18)5-6-13(12)16/h1-7,18H,8H2,(H,17,19). The van der Waals surface area contributed by atoms with Crippen LogP contribution in [-0.4, -0.2) is 11.0 Å². The minimum absolute atomic E-state index is 0.000966. The smallest absolute Gasteiger partial charge is 0.253 e. The molecule has 0 unspecified atom stereocenters. The summed E-state index contributed by atoms with van der Waals surface area (Å²) in [5, 5.41) is 13.0. The minimum atomic E-state index is -0.337. The summed E-state index contributed by atoms with van der Waals surface area (Å²) in [4.78, 5) is 11.9. The molecule has 0 spiro atoms. The molecule has 0 aliphatic rings. The van der Waals surface area contributed by atoms with E-state index in [9.17, 15) is 9.90 Å². The molecule has 0 bridgehead atoms. The molecule has 0 saturated heterocycles. The number of phenols is 1. The van der Waals surface area contributed by atoms with Gasteiger partial charge < -0.3 is 10.4 Å². The summed E-state index contributed by atoms with van der Waals surface area (Å²) in [6.45, 7) is 0.363. The second-order valence-corrected chi connectivity index (χ2v) is 4.82. The number of aromatic hydroxyl groups is 1. The van der Waals surface area contributed by atoms with Gasteiger partial charge in [-0.2, -0.15) is 0 Å². The van der Waals surface area contributed by atoms with E-state index < -0.39 is 0 Å². The van der Waals surface area contributed by atoms with Crippen LogP contribution in [-0.2, 0) is 6.54 Å². The first-order valence-corrected chi connectivity index (χ1v) is 6.33. The van der Waals surface area contributed by atoms with Crippen LogP contribution in [0.2, 0.25) is 10.0 Å². The molecule has 0 heterocycles. The number of benzene rings is 2. The number of phenolic OH excluding ortho intramolecular Hbond substituents is 1. The Labute approximate surface area is 120 Å². The molecule has 0 aliphatic carbocycles. The quantitative estimate of drug-likeness (QED) is 0.908. The fourth-order valence-corrected chi connectivity index (χ4v) is 1.90. The lowest BCUT2D eigenvalue weighted by molar-refractivity contribution is 0.0950. The summed E-state index contributed by atoms with van der Waals surface area (Å²) >= 11 is 11.7. The van der Waals surface area contributed by atoms with Gasteiger partial charge in [-0.25, -0.2) is 0 Å². The van der Waals surface area contributed by atoms with Gasteiger partial charge in [-0.3, -0.25) is 4.79 Å². The summed E-state index contributed by atoms with van der Waals surface area (Å²) in [6.07, 6.45) is 0. The number of nitrogens with one attached hydrogen (secondary N) is 1. The average molecular weight is 296 g/mol. The normalized spacial score (nSPS) is 10.2. The van der Waals surface area contributed by atoms with Crippen LogP contribution < -0.4 is 5.32 Å². The van der Waals surface area contributed by atoms with Crippen LogP contribution in [0.5, 0.6) is 5.75 Å². The predicted octanol–water partition coefficient (Wildman–Crippen LogP) is 3.63. The summed E-state index contributed by atoms with van der Waals surface area (Å²) in [6, 6.07) is 11.4. The highest BCUT2D eigenvalue weighted by Gasteiger charge is 2.10. The van der Waals surface area contributed by atoms with Gasteiger partial charge in [0, 0.05) is 11.6 Å². The lowest BCUT2D eigenvalue weighted by Gasteiger charge is -2.07. The summed E-state index contributed by atoms with van der Waals surface area (Å²) in [5.41, 5.74) is 1.17. The van der Waals surface area contributed by atoms with E-state index >= 15 is 0 Å². The third-order valence-corrected chi connectivity index (χ3v) is 3.14. The number of carbonyl (C=O) groups excluding carboxylic acids is 1. The monoisotopic (exact) mass is 295 g/mol. The second kappa shape index (κ2) is 5.95. The van der Waals surface area contributed by atoms with Gasteiger partial charge in [0.2, 0.25) is 0 Å². The zero-order valence-electron chi connectivity index (χ0n) is 9.86. The van der Waals surface area contributed by atoms with E-state index in [1.807, 2.05) is 12.1 Å². The van der Waals surface area contributed by atoms with Gasteiger partial charge in [0.15, 0.2) is 0 Å². The van der Waals surface area contributed by atoms with Crippen LogP contribution in [0.3, 0.4) is 0 Å². The van der Waals surface area contributed by atoms with Crippen molar-refractivity contribution in [3.63, 3.8) is 0 Å². The van der Waals surface area contributed by atoms with Crippen LogP contribution >= 0.6 is 23.2 Å². The highest BCUT2D eigenvalue weighted by molar-refractivity contribution is 6.33. The molecule has 2 aromatic rings. The molecule has 0 fully saturated rings. The van der Waals surface area contributed by atoms with Gasteiger partial charge in [-0.05, 0) is 35.9 Å². The molecule has 5 heteroatoms. The van der Waals surface area contributed by atoms with Gasteiger partial charge in [0.25, 0.3) is 5.91 Å². The van der Waals surface area contributed by atoms with Crippen molar-refractivity contribution in [2.75, 3.05) is 0 Å². The van der Waals surface area contributed by atoms with Crippen molar-refractivity contribution >= 4 is 29.1 Å². The molecule has 0 aliphatic heterocycles. The maximum atomic E-state index is 11.9. The number of amides is 1. The molecule has 3 nitrogen and oxygen atoms in total. The van der Waals surface area contributed by atoms with E-state index in [2.05, 4.69) is 5.32 Å². The van der Waals surface area contributed by atoms with Gasteiger partial charge in [-0.15, -0.1) is 0 Å². The zero-order valence-corrected chi connectivity index (χ0v) is 11.4. The van der Waals surface area contributed by atoms with Gasteiger partial charge in [-0.1, -0.05) is 35.3 Å². The third-order valence-electron chi connectivity index (χ3n) is 2.56. The highest BCUT2D eigenvalue weighted by Crippen LogP contribution is 2.21. The summed E-state index contributed by atoms with van der Waals surface area (Å²) in [5.74, 6) is -0.336. The predicted molar refractivity (Wildman–Crippen MR) is 75.7 cm³/mol. The lowest BCUT2D eigenvalue weighted by Crippen LogP contribution is -2.23. The Morgan fingerprint density at radius 1 is 1.11 bits per heavy atom. The summed E-state index contributed by atoms with van der Waals surface area (Å²) < 4.78 is 0. The first-order valence-electron chi connectivity index (χ1n) is 5.57. The Morgan fingerprint density at radius 2 is 1.79 bits per heavy atom. The Kier molecular flexibility index (Phi) is 4.30. The van der Waals surface area contributed by atoms with E-state index in [0.29, 0.717) is 16.6 Å². The Bertz CT molecular complexity index is 597. The van der Waals surface area contributed by atoms with E-state index in [4.69, 9.17) is 23.2 Å². The first kappa shape index (κ1) is 13.7. The van der Waals surface area contributed by atoms with Crippen LogP contribution in [0.15, 0.2) is 42.5 Å². The maximum Gasteiger partial charge on any atom is 0.253 e. The van der Waals surface area contributed by atoms with Crippen LogP contribution in [0.4, 0.5) is 0 Å². The SMILES string of the molecule is O=C(NCc1ccc(Cl)cc1)c1cc(O)ccc1Cl. The molecule has 0 aromatic heterocycles. The zero-order chi connectivity index (χ0) is 13.8. The Hall–Kier alpha value is -1.71. The molecule has 0 radical (unpaired) electrons. The van der Waals surface area contributed by atoms with Gasteiger partial charge in [0.1, 0.15) is 5.75 Å². The Morgan fingerprint density at radius 3 is 2.47 bits per heavy atom. The molecule has 98 valence electrons. The molecular weight excluding hydrogens is 285 g/mol. The number of carbonyl (C=O) groups is 1. The van der Waals surface area contributed by atoms with Gasteiger partial charge >= 0.3 is 0 Å². The van der Waals surface area contributed by atoms with Crippen LogP contribution in [0.25, 0.3) is 0 Å². The molecule has 0 saturated carbocycles. The van der Waals surface area contributed by atoms with E-state index in [-0.39, 0.29) is 17.2 Å². The molecular formula is C14H11Cl2NO2. The molecule has 2 aromatic carbocycles. The topological polar surface area (TPSA) is 49.3 Å². The fraction of sp³-hybridized carbons (Fsp3) is 0.0714. The first-order chi connectivity index (χ1) is 9.06. The van der Waals surface area contributed by atoms with Crippen molar-refractivity contribution in [2.24, 2.45) is 0 Å². The van der Waals surface area contributed by atoms with Crippen LogP contribution in [0, 0.1) is 0 Å².